The Kier molecular flexibility index (Phi) is 13.1. The number of nitrogens with zero attached hydrogens (tertiary/aromatic N) is 1. The van der Waals surface area contributed by atoms with Gasteiger partial charge in [-0.25, -0.2) is 4.79 Å². The van der Waals surface area contributed by atoms with Crippen LogP contribution in [-0.2, 0) is 36.8 Å². The van der Waals surface area contributed by atoms with E-state index in [0.717, 1.165) is 10.9 Å². The van der Waals surface area contributed by atoms with E-state index in [9.17, 15) is 29.1 Å². The Balaban J connectivity index is 1.80. The van der Waals surface area contributed by atoms with Gasteiger partial charge in [0.25, 0.3) is 0 Å². The Bertz CT molecular complexity index is 1540. The predicted octanol–water partition coefficient (Wildman–Crippen LogP) is -0.262. The number of H-pyrrole nitrogens is 1. The zero-order valence-corrected chi connectivity index (χ0v) is 25.1. The average Bonchev–Trinajstić information content (AvgIpc) is 3.43. The fourth-order valence-electron chi connectivity index (χ4n) is 4.79. The van der Waals surface area contributed by atoms with Crippen LogP contribution in [0, 0.1) is 0 Å². The standard InChI is InChI=1S/C31H40N8O7/c32-21(12-13-26(40)41)27(42)38-24(15-18-7-2-1-3-8-18)29(44)37-23(11-6-14-35-31(33)34)28(43)39-25(30(45)46)16-19-17-36-22-10-5-4-9-20(19)22/h1-5,7-10,17,21,23-25,36H,6,11-16,32H2,(H,37,44)(H,38,42)(H,39,43)(H,40,41)(H,45,46)(H4,33,34,35). The minimum atomic E-state index is -1.32. The maximum absolute atomic E-state index is 13.6. The van der Waals surface area contributed by atoms with Gasteiger partial charge in [0.15, 0.2) is 5.96 Å². The summed E-state index contributed by atoms with van der Waals surface area (Å²) in [6.45, 7) is 0.141. The molecule has 4 atom stereocenters. The molecule has 4 unspecified atom stereocenters. The van der Waals surface area contributed by atoms with Gasteiger partial charge < -0.3 is 48.3 Å². The topological polar surface area (TPSA) is 268 Å². The van der Waals surface area contributed by atoms with Crippen molar-refractivity contribution in [1.82, 2.24) is 20.9 Å². The van der Waals surface area contributed by atoms with Crippen molar-refractivity contribution in [3.63, 3.8) is 0 Å². The molecule has 0 saturated heterocycles. The second-order valence-electron chi connectivity index (χ2n) is 10.8. The van der Waals surface area contributed by atoms with Crippen LogP contribution in [0.2, 0.25) is 0 Å². The van der Waals surface area contributed by atoms with E-state index in [1.807, 2.05) is 24.3 Å². The van der Waals surface area contributed by atoms with Crippen molar-refractivity contribution < 1.29 is 34.2 Å². The molecule has 46 heavy (non-hydrogen) atoms. The summed E-state index contributed by atoms with van der Waals surface area (Å²) in [7, 11) is 0. The lowest BCUT2D eigenvalue weighted by atomic mass is 10.0. The largest absolute Gasteiger partial charge is 0.481 e. The number of nitrogens with one attached hydrogen (secondary N) is 4. The van der Waals surface area contributed by atoms with Gasteiger partial charge in [-0.1, -0.05) is 48.5 Å². The summed E-state index contributed by atoms with van der Waals surface area (Å²) in [5, 5.41) is 27.5. The SMILES string of the molecule is NC(N)=NCCCC(NC(=O)C(Cc1ccccc1)NC(=O)C(N)CCC(=O)O)C(=O)NC(Cc1c[nH]c2ccccc12)C(=O)O. The van der Waals surface area contributed by atoms with Gasteiger partial charge in [0.1, 0.15) is 18.1 Å². The van der Waals surface area contributed by atoms with E-state index in [0.29, 0.717) is 11.1 Å². The number of aromatic amines is 1. The number of para-hydroxylation sites is 1. The quantitative estimate of drug-likeness (QED) is 0.0501. The van der Waals surface area contributed by atoms with E-state index < -0.39 is 53.8 Å². The van der Waals surface area contributed by atoms with Crippen molar-refractivity contribution in [2.24, 2.45) is 22.2 Å². The minimum Gasteiger partial charge on any atom is -0.481 e. The van der Waals surface area contributed by atoms with E-state index in [1.165, 1.54) is 0 Å². The number of nitrogens with two attached hydrogens (primary N) is 3. The molecule has 1 aromatic heterocycles. The van der Waals surface area contributed by atoms with E-state index >= 15 is 0 Å². The van der Waals surface area contributed by atoms with Gasteiger partial charge >= 0.3 is 11.9 Å². The number of amides is 3. The van der Waals surface area contributed by atoms with Gasteiger partial charge in [-0.2, -0.15) is 0 Å². The van der Waals surface area contributed by atoms with Crippen molar-refractivity contribution in [1.29, 1.82) is 0 Å². The number of hydrogen-bond acceptors (Lipinski definition) is 7. The minimum absolute atomic E-state index is 0.0271. The van der Waals surface area contributed by atoms with E-state index in [4.69, 9.17) is 22.3 Å². The summed E-state index contributed by atoms with van der Waals surface area (Å²) in [5.41, 5.74) is 18.9. The molecule has 1 heterocycles. The Morgan fingerprint density at radius 3 is 2.09 bits per heavy atom. The Morgan fingerprint density at radius 1 is 0.783 bits per heavy atom. The normalized spacial score (nSPS) is 13.5. The van der Waals surface area contributed by atoms with Crippen molar-refractivity contribution in [2.45, 2.75) is 62.7 Å². The van der Waals surface area contributed by atoms with Gasteiger partial charge in [-0.3, -0.25) is 24.2 Å². The highest BCUT2D eigenvalue weighted by atomic mass is 16.4. The number of carboxylic acid groups (broad SMARTS) is 2. The summed E-state index contributed by atoms with van der Waals surface area (Å²) in [5.74, 6) is -4.77. The number of aliphatic carboxylic acids is 2. The smallest absolute Gasteiger partial charge is 0.326 e. The number of rotatable bonds is 18. The number of hydrogen-bond donors (Lipinski definition) is 9. The first kappa shape index (κ1) is 35.0. The maximum Gasteiger partial charge on any atom is 0.326 e. The van der Waals surface area contributed by atoms with Crippen molar-refractivity contribution in [3.8, 4) is 0 Å². The summed E-state index contributed by atoms with van der Waals surface area (Å²) in [6, 6.07) is 11.2. The lowest BCUT2D eigenvalue weighted by Crippen LogP contribution is -2.57. The molecule has 3 aromatic rings. The summed E-state index contributed by atoms with van der Waals surface area (Å²) in [6.07, 6.45) is 1.49. The number of fused-ring (bicyclic) bond motifs is 1. The molecule has 2 aromatic carbocycles. The number of benzene rings is 2. The van der Waals surface area contributed by atoms with Gasteiger partial charge in [-0.05, 0) is 36.5 Å². The molecule has 0 fully saturated rings. The molecule has 3 rings (SSSR count). The number of aromatic nitrogens is 1. The summed E-state index contributed by atoms with van der Waals surface area (Å²) in [4.78, 5) is 70.1. The summed E-state index contributed by atoms with van der Waals surface area (Å²) < 4.78 is 0. The number of carboxylic acids is 2. The second-order valence-corrected chi connectivity index (χ2v) is 10.8. The Labute approximate surface area is 265 Å². The molecule has 15 nitrogen and oxygen atoms in total. The number of guanidine groups is 1. The van der Waals surface area contributed by atoms with Crippen LogP contribution >= 0.6 is 0 Å². The second kappa shape index (κ2) is 17.2. The fourth-order valence-corrected chi connectivity index (χ4v) is 4.79. The molecule has 0 aliphatic rings. The molecule has 0 saturated carbocycles. The highest BCUT2D eigenvalue weighted by Crippen LogP contribution is 2.19. The summed E-state index contributed by atoms with van der Waals surface area (Å²) >= 11 is 0. The van der Waals surface area contributed by atoms with Crippen LogP contribution in [0.25, 0.3) is 10.9 Å². The molecule has 0 aliphatic carbocycles. The highest BCUT2D eigenvalue weighted by Gasteiger charge is 2.31. The number of carbonyl (C=O) groups is 5. The zero-order chi connectivity index (χ0) is 33.6. The van der Waals surface area contributed by atoms with E-state index in [1.54, 1.807) is 36.5 Å². The average molecular weight is 637 g/mol. The fraction of sp³-hybridized carbons (Fsp3) is 0.355. The number of aliphatic imine (C=N–C) groups is 1. The van der Waals surface area contributed by atoms with Crippen molar-refractivity contribution in [3.05, 3.63) is 71.9 Å². The molecule has 15 heteroatoms. The zero-order valence-electron chi connectivity index (χ0n) is 25.1. The van der Waals surface area contributed by atoms with E-state index in [2.05, 4.69) is 25.9 Å². The third-order valence-electron chi connectivity index (χ3n) is 7.21. The third-order valence-corrected chi connectivity index (χ3v) is 7.21. The van der Waals surface area contributed by atoms with Crippen LogP contribution in [0.3, 0.4) is 0 Å². The van der Waals surface area contributed by atoms with Gasteiger partial charge in [-0.15, -0.1) is 0 Å². The lowest BCUT2D eigenvalue weighted by molar-refractivity contribution is -0.142. The molecule has 0 radical (unpaired) electrons. The first-order chi connectivity index (χ1) is 21.9. The van der Waals surface area contributed by atoms with Gasteiger partial charge in [0.2, 0.25) is 17.7 Å². The molecule has 0 bridgehead atoms. The lowest BCUT2D eigenvalue weighted by Gasteiger charge is -2.25. The molecule has 0 aliphatic heterocycles. The predicted molar refractivity (Wildman–Crippen MR) is 170 cm³/mol. The van der Waals surface area contributed by atoms with Crippen LogP contribution in [0.4, 0.5) is 0 Å². The van der Waals surface area contributed by atoms with Gasteiger partial charge in [0, 0.05) is 42.9 Å². The monoisotopic (exact) mass is 636 g/mol. The number of carbonyl (C=O) groups excluding carboxylic acids is 3. The van der Waals surface area contributed by atoms with Crippen LogP contribution in [0.1, 0.15) is 36.8 Å². The molecule has 0 spiro atoms. The van der Waals surface area contributed by atoms with E-state index in [-0.39, 0.29) is 51.0 Å². The molecular weight excluding hydrogens is 596 g/mol. The molecule has 12 N–H and O–H groups in total. The third kappa shape index (κ3) is 10.9. The maximum atomic E-state index is 13.6. The van der Waals surface area contributed by atoms with Crippen molar-refractivity contribution >= 4 is 46.5 Å². The first-order valence-electron chi connectivity index (χ1n) is 14.7. The van der Waals surface area contributed by atoms with Crippen LogP contribution < -0.4 is 33.2 Å². The molecular formula is C31H40N8O7. The van der Waals surface area contributed by atoms with Crippen molar-refractivity contribution in [2.75, 3.05) is 6.54 Å². The molecule has 246 valence electrons. The molecule has 3 amide bonds. The highest BCUT2D eigenvalue weighted by molar-refractivity contribution is 5.94. The first-order valence-corrected chi connectivity index (χ1v) is 14.7. The van der Waals surface area contributed by atoms with Crippen LogP contribution in [0.5, 0.6) is 0 Å². The van der Waals surface area contributed by atoms with Crippen LogP contribution in [-0.4, -0.2) is 81.5 Å². The van der Waals surface area contributed by atoms with Gasteiger partial charge in [0.05, 0.1) is 6.04 Å². The Hall–Kier alpha value is -5.44. The van der Waals surface area contributed by atoms with Crippen LogP contribution in [0.15, 0.2) is 65.8 Å². The Morgan fingerprint density at radius 2 is 1.41 bits per heavy atom.